The predicted octanol–water partition coefficient (Wildman–Crippen LogP) is 3.64. The van der Waals surface area contributed by atoms with E-state index in [4.69, 9.17) is 5.26 Å². The standard InChI is InChI=1S/C13H14N2S/c1-13(2,9-14)15(3)11-8-16-12-7-5-4-6-10(11)12/h4-8H,1-3H3. The number of nitrogens with zero attached hydrogens (tertiary/aromatic N) is 2. The molecule has 0 bridgehead atoms. The van der Waals surface area contributed by atoms with Crippen LogP contribution >= 0.6 is 11.3 Å². The lowest BCUT2D eigenvalue weighted by Gasteiger charge is -2.30. The normalized spacial score (nSPS) is 11.4. The Morgan fingerprint density at radius 3 is 2.69 bits per heavy atom. The van der Waals surface area contributed by atoms with Crippen molar-refractivity contribution in [2.24, 2.45) is 0 Å². The number of thiophene rings is 1. The Hall–Kier alpha value is -1.53. The van der Waals surface area contributed by atoms with Crippen LogP contribution in [0, 0.1) is 11.3 Å². The number of rotatable bonds is 2. The van der Waals surface area contributed by atoms with Crippen molar-refractivity contribution < 1.29 is 0 Å². The molecular weight excluding hydrogens is 216 g/mol. The second-order valence-electron chi connectivity index (χ2n) is 4.35. The van der Waals surface area contributed by atoms with Gasteiger partial charge in [0.25, 0.3) is 0 Å². The van der Waals surface area contributed by atoms with Gasteiger partial charge in [-0.05, 0) is 19.9 Å². The Labute approximate surface area is 99.7 Å². The molecule has 0 atom stereocenters. The van der Waals surface area contributed by atoms with Crippen molar-refractivity contribution in [2.45, 2.75) is 19.4 Å². The molecule has 1 aromatic heterocycles. The Morgan fingerprint density at radius 2 is 2.00 bits per heavy atom. The lowest BCUT2D eigenvalue weighted by molar-refractivity contribution is 0.619. The van der Waals surface area contributed by atoms with Gasteiger partial charge in [0.2, 0.25) is 0 Å². The highest BCUT2D eigenvalue weighted by Gasteiger charge is 2.24. The first-order valence-corrected chi connectivity index (χ1v) is 6.05. The maximum Gasteiger partial charge on any atom is 0.121 e. The van der Waals surface area contributed by atoms with E-state index in [1.807, 2.05) is 37.9 Å². The number of nitriles is 1. The Kier molecular flexibility index (Phi) is 2.61. The fourth-order valence-electron chi connectivity index (χ4n) is 1.60. The molecule has 0 saturated heterocycles. The molecule has 0 aliphatic heterocycles. The van der Waals surface area contributed by atoms with Gasteiger partial charge in [-0.2, -0.15) is 5.26 Å². The third-order valence-electron chi connectivity index (χ3n) is 2.93. The van der Waals surface area contributed by atoms with Crippen molar-refractivity contribution in [3.8, 4) is 6.07 Å². The summed E-state index contributed by atoms with van der Waals surface area (Å²) >= 11 is 1.72. The smallest absolute Gasteiger partial charge is 0.121 e. The van der Waals surface area contributed by atoms with Crippen LogP contribution in [-0.4, -0.2) is 12.6 Å². The molecule has 2 rings (SSSR count). The van der Waals surface area contributed by atoms with Crippen LogP contribution in [0.2, 0.25) is 0 Å². The van der Waals surface area contributed by atoms with E-state index in [0.717, 1.165) is 5.69 Å². The molecule has 1 aromatic carbocycles. The zero-order valence-electron chi connectivity index (χ0n) is 9.69. The Bertz CT molecular complexity index is 548. The van der Waals surface area contributed by atoms with E-state index in [1.165, 1.54) is 10.1 Å². The second kappa shape index (κ2) is 3.80. The molecule has 0 spiro atoms. The predicted molar refractivity (Wildman–Crippen MR) is 69.9 cm³/mol. The topological polar surface area (TPSA) is 27.0 Å². The molecule has 82 valence electrons. The van der Waals surface area contributed by atoms with Crippen molar-refractivity contribution in [1.82, 2.24) is 0 Å². The molecule has 2 nitrogen and oxygen atoms in total. The molecule has 3 heteroatoms. The molecule has 2 aromatic rings. The van der Waals surface area contributed by atoms with E-state index >= 15 is 0 Å². The van der Waals surface area contributed by atoms with Crippen LogP contribution in [0.3, 0.4) is 0 Å². The van der Waals surface area contributed by atoms with Gasteiger partial charge in [0.1, 0.15) is 5.54 Å². The maximum absolute atomic E-state index is 9.15. The largest absolute Gasteiger partial charge is 0.356 e. The van der Waals surface area contributed by atoms with Gasteiger partial charge >= 0.3 is 0 Å². The van der Waals surface area contributed by atoms with Gasteiger partial charge in [-0.1, -0.05) is 18.2 Å². The molecule has 0 aliphatic carbocycles. The van der Waals surface area contributed by atoms with Crippen molar-refractivity contribution in [2.75, 3.05) is 11.9 Å². The summed E-state index contributed by atoms with van der Waals surface area (Å²) in [4.78, 5) is 2.03. The number of fused-ring (bicyclic) bond motifs is 1. The lowest BCUT2D eigenvalue weighted by Crippen LogP contribution is -2.39. The van der Waals surface area contributed by atoms with Crippen molar-refractivity contribution in [1.29, 1.82) is 5.26 Å². The fraction of sp³-hybridized carbons (Fsp3) is 0.308. The quantitative estimate of drug-likeness (QED) is 0.787. The zero-order chi connectivity index (χ0) is 11.8. The van der Waals surface area contributed by atoms with Crippen molar-refractivity contribution in [3.63, 3.8) is 0 Å². The zero-order valence-corrected chi connectivity index (χ0v) is 10.5. The number of anilines is 1. The molecule has 0 N–H and O–H groups in total. The van der Waals surface area contributed by atoms with Crippen LogP contribution in [0.1, 0.15) is 13.8 Å². The van der Waals surface area contributed by atoms with E-state index in [2.05, 4.69) is 23.6 Å². The van der Waals surface area contributed by atoms with E-state index < -0.39 is 5.54 Å². The summed E-state index contributed by atoms with van der Waals surface area (Å²) in [5, 5.41) is 12.5. The van der Waals surface area contributed by atoms with Crippen LogP contribution in [0.25, 0.3) is 10.1 Å². The highest BCUT2D eigenvalue weighted by Crippen LogP contribution is 2.34. The molecule has 0 radical (unpaired) electrons. The molecule has 0 amide bonds. The summed E-state index contributed by atoms with van der Waals surface area (Å²) in [5.74, 6) is 0. The highest BCUT2D eigenvalue weighted by atomic mass is 32.1. The SMILES string of the molecule is CN(c1csc2ccccc12)C(C)(C)C#N. The van der Waals surface area contributed by atoms with Gasteiger partial charge in [0, 0.05) is 22.5 Å². The number of hydrogen-bond acceptors (Lipinski definition) is 3. The van der Waals surface area contributed by atoms with Gasteiger partial charge < -0.3 is 4.90 Å². The lowest BCUT2D eigenvalue weighted by atomic mass is 10.0. The molecule has 16 heavy (non-hydrogen) atoms. The van der Waals surface area contributed by atoms with E-state index in [-0.39, 0.29) is 0 Å². The van der Waals surface area contributed by atoms with Crippen LogP contribution in [0.15, 0.2) is 29.6 Å². The minimum atomic E-state index is -0.482. The maximum atomic E-state index is 9.15. The van der Waals surface area contributed by atoms with Crippen LogP contribution < -0.4 is 4.90 Å². The molecular formula is C13H14N2S. The first-order valence-electron chi connectivity index (χ1n) is 5.17. The fourth-order valence-corrected chi connectivity index (χ4v) is 2.58. The summed E-state index contributed by atoms with van der Waals surface area (Å²) in [7, 11) is 1.97. The van der Waals surface area contributed by atoms with Gasteiger partial charge in [-0.15, -0.1) is 11.3 Å². The average Bonchev–Trinajstić information content (AvgIpc) is 2.71. The third-order valence-corrected chi connectivity index (χ3v) is 3.89. The van der Waals surface area contributed by atoms with Crippen LogP contribution in [0.4, 0.5) is 5.69 Å². The summed E-state index contributed by atoms with van der Waals surface area (Å²) in [6.07, 6.45) is 0. The molecule has 0 fully saturated rings. The molecule has 0 saturated carbocycles. The monoisotopic (exact) mass is 230 g/mol. The Morgan fingerprint density at radius 1 is 1.31 bits per heavy atom. The third kappa shape index (κ3) is 1.66. The van der Waals surface area contributed by atoms with Crippen LogP contribution in [0.5, 0.6) is 0 Å². The van der Waals surface area contributed by atoms with E-state index in [1.54, 1.807) is 11.3 Å². The Balaban J connectivity index is 2.53. The van der Waals surface area contributed by atoms with Gasteiger partial charge in [0.15, 0.2) is 0 Å². The van der Waals surface area contributed by atoms with Crippen molar-refractivity contribution in [3.05, 3.63) is 29.6 Å². The van der Waals surface area contributed by atoms with E-state index in [0.29, 0.717) is 0 Å². The summed E-state index contributed by atoms with van der Waals surface area (Å²) < 4.78 is 1.26. The molecule has 0 unspecified atom stereocenters. The summed E-state index contributed by atoms with van der Waals surface area (Å²) in [5.41, 5.74) is 0.649. The first-order chi connectivity index (χ1) is 7.56. The number of hydrogen-bond donors (Lipinski definition) is 0. The van der Waals surface area contributed by atoms with Crippen molar-refractivity contribution >= 4 is 27.1 Å². The van der Waals surface area contributed by atoms with E-state index in [9.17, 15) is 0 Å². The average molecular weight is 230 g/mol. The minimum absolute atomic E-state index is 0.482. The number of benzene rings is 1. The van der Waals surface area contributed by atoms with Gasteiger partial charge in [0.05, 0.1) is 11.8 Å². The van der Waals surface area contributed by atoms with Gasteiger partial charge in [-0.3, -0.25) is 0 Å². The summed E-state index contributed by atoms with van der Waals surface area (Å²) in [6.45, 7) is 3.86. The highest BCUT2D eigenvalue weighted by molar-refractivity contribution is 7.17. The second-order valence-corrected chi connectivity index (χ2v) is 5.26. The summed E-state index contributed by atoms with van der Waals surface area (Å²) in [6, 6.07) is 10.6. The molecule has 1 heterocycles. The van der Waals surface area contributed by atoms with Gasteiger partial charge in [-0.25, -0.2) is 0 Å². The minimum Gasteiger partial charge on any atom is -0.356 e. The molecule has 0 aliphatic rings. The first kappa shape index (κ1) is 11.0. The van der Waals surface area contributed by atoms with Crippen LogP contribution in [-0.2, 0) is 0 Å².